The van der Waals surface area contributed by atoms with Crippen LogP contribution in [0.4, 0.5) is 4.39 Å². The maximum absolute atomic E-state index is 12.7. The Labute approximate surface area is 105 Å². The molecule has 0 aliphatic heterocycles. The zero-order valence-electron chi connectivity index (χ0n) is 10.1. The van der Waals surface area contributed by atoms with Crippen LogP contribution in [0.1, 0.15) is 42.5 Å². The van der Waals surface area contributed by atoms with Gasteiger partial charge in [0.1, 0.15) is 5.82 Å². The molecule has 1 aromatic carbocycles. The van der Waals surface area contributed by atoms with E-state index < -0.39 is 17.5 Å². The van der Waals surface area contributed by atoms with Crippen LogP contribution in [-0.2, 0) is 4.79 Å². The molecular weight excluding hydrogens is 233 g/mol. The van der Waals surface area contributed by atoms with Crippen LogP contribution in [0.15, 0.2) is 24.3 Å². The molecule has 0 spiro atoms. The molecule has 1 N–H and O–H groups in total. The van der Waals surface area contributed by atoms with Crippen LogP contribution in [0.2, 0.25) is 0 Å². The minimum absolute atomic E-state index is 0.107. The summed E-state index contributed by atoms with van der Waals surface area (Å²) in [5, 5.41) is 2.75. The SMILES string of the molecule is O=C(NC1CCCCC1)C(=O)c1ccc(F)cc1. The summed E-state index contributed by atoms with van der Waals surface area (Å²) in [6.45, 7) is 0. The van der Waals surface area contributed by atoms with E-state index in [9.17, 15) is 14.0 Å². The van der Waals surface area contributed by atoms with Gasteiger partial charge < -0.3 is 5.32 Å². The number of hydrogen-bond acceptors (Lipinski definition) is 2. The Bertz CT molecular complexity index is 436. The predicted molar refractivity (Wildman–Crippen MR) is 65.7 cm³/mol. The lowest BCUT2D eigenvalue weighted by Crippen LogP contribution is -2.40. The highest BCUT2D eigenvalue weighted by molar-refractivity contribution is 6.42. The standard InChI is InChI=1S/C14H16FNO2/c15-11-8-6-10(7-9-11)13(17)14(18)16-12-4-2-1-3-5-12/h6-9,12H,1-5H2,(H,16,18). The molecule has 96 valence electrons. The fourth-order valence-electron chi connectivity index (χ4n) is 2.23. The Morgan fingerprint density at radius 1 is 1.06 bits per heavy atom. The Morgan fingerprint density at radius 2 is 1.67 bits per heavy atom. The van der Waals surface area contributed by atoms with E-state index >= 15 is 0 Å². The first-order chi connectivity index (χ1) is 8.66. The first-order valence-corrected chi connectivity index (χ1v) is 6.27. The Hall–Kier alpha value is -1.71. The summed E-state index contributed by atoms with van der Waals surface area (Å²) in [7, 11) is 0. The van der Waals surface area contributed by atoms with Gasteiger partial charge in [-0.25, -0.2) is 4.39 Å². The van der Waals surface area contributed by atoms with Gasteiger partial charge in [0.15, 0.2) is 0 Å². The average molecular weight is 249 g/mol. The Morgan fingerprint density at radius 3 is 2.28 bits per heavy atom. The first kappa shape index (κ1) is 12.7. The number of carbonyl (C=O) groups excluding carboxylic acids is 2. The second kappa shape index (κ2) is 5.76. The van der Waals surface area contributed by atoms with Crippen LogP contribution in [0.5, 0.6) is 0 Å². The molecule has 1 aromatic rings. The van der Waals surface area contributed by atoms with E-state index in [1.165, 1.54) is 30.7 Å². The molecule has 4 heteroatoms. The summed E-state index contributed by atoms with van der Waals surface area (Å²) >= 11 is 0. The van der Waals surface area contributed by atoms with Crippen molar-refractivity contribution in [2.75, 3.05) is 0 Å². The van der Waals surface area contributed by atoms with Crippen LogP contribution in [-0.4, -0.2) is 17.7 Å². The van der Waals surface area contributed by atoms with Crippen molar-refractivity contribution in [2.24, 2.45) is 0 Å². The van der Waals surface area contributed by atoms with Gasteiger partial charge in [0.2, 0.25) is 5.78 Å². The van der Waals surface area contributed by atoms with Crippen molar-refractivity contribution in [3.8, 4) is 0 Å². The lowest BCUT2D eigenvalue weighted by molar-refractivity contribution is -0.117. The average Bonchev–Trinajstić information content (AvgIpc) is 2.40. The molecule has 1 aliphatic rings. The fraction of sp³-hybridized carbons (Fsp3) is 0.429. The van der Waals surface area contributed by atoms with Crippen molar-refractivity contribution >= 4 is 11.7 Å². The van der Waals surface area contributed by atoms with Crippen molar-refractivity contribution < 1.29 is 14.0 Å². The van der Waals surface area contributed by atoms with Crippen LogP contribution in [0.25, 0.3) is 0 Å². The molecule has 0 aromatic heterocycles. The highest BCUT2D eigenvalue weighted by Gasteiger charge is 2.21. The number of amides is 1. The van der Waals surface area contributed by atoms with Crippen LogP contribution in [0, 0.1) is 5.82 Å². The molecule has 3 nitrogen and oxygen atoms in total. The molecule has 0 bridgehead atoms. The molecule has 1 fully saturated rings. The van der Waals surface area contributed by atoms with E-state index in [1.54, 1.807) is 0 Å². The highest BCUT2D eigenvalue weighted by atomic mass is 19.1. The van der Waals surface area contributed by atoms with Crippen molar-refractivity contribution in [3.63, 3.8) is 0 Å². The van der Waals surface area contributed by atoms with Gasteiger partial charge in [0.05, 0.1) is 0 Å². The minimum atomic E-state index is -0.597. The van der Waals surface area contributed by atoms with Gasteiger partial charge in [0, 0.05) is 11.6 Å². The van der Waals surface area contributed by atoms with E-state index in [-0.39, 0.29) is 11.6 Å². The van der Waals surface area contributed by atoms with E-state index in [4.69, 9.17) is 0 Å². The number of Topliss-reactive ketones (excluding diaryl/α,β-unsaturated/α-hetero) is 1. The van der Waals surface area contributed by atoms with Gasteiger partial charge in [0.25, 0.3) is 5.91 Å². The minimum Gasteiger partial charge on any atom is -0.346 e. The molecular formula is C14H16FNO2. The Balaban J connectivity index is 1.95. The zero-order chi connectivity index (χ0) is 13.0. The summed E-state index contributed by atoms with van der Waals surface area (Å²) < 4.78 is 12.7. The molecule has 18 heavy (non-hydrogen) atoms. The second-order valence-corrected chi connectivity index (χ2v) is 4.64. The summed E-state index contributed by atoms with van der Waals surface area (Å²) in [5.41, 5.74) is 0.227. The van der Waals surface area contributed by atoms with Gasteiger partial charge in [-0.15, -0.1) is 0 Å². The zero-order valence-corrected chi connectivity index (χ0v) is 10.1. The molecule has 0 unspecified atom stereocenters. The van der Waals surface area contributed by atoms with Gasteiger partial charge in [-0.2, -0.15) is 0 Å². The molecule has 1 saturated carbocycles. The summed E-state index contributed by atoms with van der Waals surface area (Å²) in [6.07, 6.45) is 5.24. The number of rotatable bonds is 3. The molecule has 0 heterocycles. The molecule has 0 atom stereocenters. The quantitative estimate of drug-likeness (QED) is 0.660. The van der Waals surface area contributed by atoms with Crippen LogP contribution < -0.4 is 5.32 Å². The van der Waals surface area contributed by atoms with Crippen molar-refractivity contribution in [3.05, 3.63) is 35.6 Å². The number of ketones is 1. The third kappa shape index (κ3) is 3.15. The molecule has 2 rings (SSSR count). The topological polar surface area (TPSA) is 46.2 Å². The number of nitrogens with one attached hydrogen (secondary N) is 1. The van der Waals surface area contributed by atoms with Crippen molar-refractivity contribution in [1.29, 1.82) is 0 Å². The van der Waals surface area contributed by atoms with Crippen LogP contribution in [0.3, 0.4) is 0 Å². The highest BCUT2D eigenvalue weighted by Crippen LogP contribution is 2.17. The largest absolute Gasteiger partial charge is 0.346 e. The van der Waals surface area contributed by atoms with Crippen LogP contribution >= 0.6 is 0 Å². The second-order valence-electron chi connectivity index (χ2n) is 4.64. The summed E-state index contributed by atoms with van der Waals surface area (Å²) in [4.78, 5) is 23.5. The lowest BCUT2D eigenvalue weighted by atomic mass is 9.95. The van der Waals surface area contributed by atoms with Crippen molar-refractivity contribution in [1.82, 2.24) is 5.32 Å². The third-order valence-corrected chi connectivity index (χ3v) is 3.25. The van der Waals surface area contributed by atoms with Gasteiger partial charge in [-0.05, 0) is 37.1 Å². The van der Waals surface area contributed by atoms with E-state index in [0.29, 0.717) is 0 Å². The number of carbonyl (C=O) groups is 2. The normalized spacial score (nSPS) is 16.3. The number of benzene rings is 1. The van der Waals surface area contributed by atoms with Gasteiger partial charge in [-0.1, -0.05) is 19.3 Å². The monoisotopic (exact) mass is 249 g/mol. The third-order valence-electron chi connectivity index (χ3n) is 3.25. The fourth-order valence-corrected chi connectivity index (χ4v) is 2.23. The number of halogens is 1. The predicted octanol–water partition coefficient (Wildman–Crippen LogP) is 2.46. The van der Waals surface area contributed by atoms with Gasteiger partial charge >= 0.3 is 0 Å². The van der Waals surface area contributed by atoms with Gasteiger partial charge in [-0.3, -0.25) is 9.59 Å². The first-order valence-electron chi connectivity index (χ1n) is 6.27. The van der Waals surface area contributed by atoms with E-state index in [0.717, 1.165) is 25.7 Å². The smallest absolute Gasteiger partial charge is 0.292 e. The maximum atomic E-state index is 12.7. The van der Waals surface area contributed by atoms with Crippen molar-refractivity contribution in [2.45, 2.75) is 38.1 Å². The molecule has 1 aliphatic carbocycles. The molecule has 0 saturated heterocycles. The lowest BCUT2D eigenvalue weighted by Gasteiger charge is -2.22. The number of hydrogen-bond donors (Lipinski definition) is 1. The summed E-state index contributed by atoms with van der Waals surface area (Å²) in [6, 6.07) is 5.13. The van der Waals surface area contributed by atoms with E-state index in [1.807, 2.05) is 0 Å². The summed E-state index contributed by atoms with van der Waals surface area (Å²) in [5.74, 6) is -1.60. The molecule has 1 amide bonds. The molecule has 0 radical (unpaired) electrons. The van der Waals surface area contributed by atoms with E-state index in [2.05, 4.69) is 5.32 Å². The maximum Gasteiger partial charge on any atom is 0.292 e. The Kier molecular flexibility index (Phi) is 4.07.